The van der Waals surface area contributed by atoms with E-state index in [0.29, 0.717) is 13.1 Å². The van der Waals surface area contributed by atoms with Gasteiger partial charge in [0.15, 0.2) is 5.03 Å². The molecule has 1 unspecified atom stereocenters. The fraction of sp³-hybridized carbons (Fsp3) is 0.636. The summed E-state index contributed by atoms with van der Waals surface area (Å²) in [6.07, 6.45) is 1.29. The van der Waals surface area contributed by atoms with Gasteiger partial charge in [-0.2, -0.15) is 9.40 Å². The van der Waals surface area contributed by atoms with E-state index in [1.165, 1.54) is 22.2 Å². The fourth-order valence-corrected chi connectivity index (χ4v) is 4.33. The molecule has 1 aromatic heterocycles. The Kier molecular flexibility index (Phi) is 4.57. The van der Waals surface area contributed by atoms with Crippen LogP contribution in [-0.4, -0.2) is 70.7 Å². The Morgan fingerprint density at radius 3 is 2.38 bits per heavy atom. The third-order valence-corrected chi connectivity index (χ3v) is 6.01. The summed E-state index contributed by atoms with van der Waals surface area (Å²) in [6, 6.07) is -0.629. The van der Waals surface area contributed by atoms with E-state index >= 15 is 0 Å². The summed E-state index contributed by atoms with van der Waals surface area (Å²) in [5.74, 6) is -0.916. The summed E-state index contributed by atoms with van der Waals surface area (Å²) in [7, 11) is -2.21. The van der Waals surface area contributed by atoms with Gasteiger partial charge in [-0.1, -0.05) is 11.6 Å². The molecule has 8 nitrogen and oxygen atoms in total. The summed E-state index contributed by atoms with van der Waals surface area (Å²) < 4.78 is 27.6. The molecule has 0 aromatic carbocycles. The molecule has 0 saturated carbocycles. The summed E-state index contributed by atoms with van der Waals surface area (Å²) in [5, 5.41) is 12.9. The first kappa shape index (κ1) is 16.2. The minimum absolute atomic E-state index is 0.0381. The fourth-order valence-electron chi connectivity index (χ4n) is 2.30. The number of sulfonamides is 1. The minimum atomic E-state index is -3.72. The van der Waals surface area contributed by atoms with Crippen molar-refractivity contribution in [1.29, 1.82) is 0 Å². The van der Waals surface area contributed by atoms with Gasteiger partial charge in [-0.3, -0.25) is 14.4 Å². The third-order valence-electron chi connectivity index (χ3n) is 3.61. The van der Waals surface area contributed by atoms with E-state index in [1.807, 2.05) is 0 Å². The number of carboxylic acid groups (broad SMARTS) is 1. The van der Waals surface area contributed by atoms with Crippen LogP contribution in [0.25, 0.3) is 0 Å². The number of rotatable bonds is 4. The van der Waals surface area contributed by atoms with Crippen LogP contribution in [0, 0.1) is 0 Å². The number of carboxylic acids is 1. The number of piperazine rings is 1. The van der Waals surface area contributed by atoms with Crippen LogP contribution >= 0.6 is 11.6 Å². The molecule has 118 valence electrons. The molecule has 10 heteroatoms. The van der Waals surface area contributed by atoms with Crippen LogP contribution in [0.15, 0.2) is 11.2 Å². The van der Waals surface area contributed by atoms with Crippen LogP contribution in [0.1, 0.15) is 6.92 Å². The summed E-state index contributed by atoms with van der Waals surface area (Å²) >= 11 is 5.89. The zero-order valence-corrected chi connectivity index (χ0v) is 13.3. The molecule has 0 radical (unpaired) electrons. The minimum Gasteiger partial charge on any atom is -0.480 e. The van der Waals surface area contributed by atoms with Crippen LogP contribution in [0.2, 0.25) is 5.02 Å². The standard InChI is InChI=1S/C11H17ClN4O4S/c1-8(11(17)18)15-3-5-16(6-4-15)21(19,20)10-9(12)7-13-14(10)2/h7-8H,3-6H2,1-2H3,(H,17,18). The van der Waals surface area contributed by atoms with Crippen molar-refractivity contribution in [2.24, 2.45) is 7.05 Å². The van der Waals surface area contributed by atoms with Crippen molar-refractivity contribution >= 4 is 27.6 Å². The first-order valence-electron chi connectivity index (χ1n) is 6.39. The van der Waals surface area contributed by atoms with Crippen LogP contribution < -0.4 is 0 Å². The number of aryl methyl sites for hydroxylation is 1. The lowest BCUT2D eigenvalue weighted by molar-refractivity contribution is -0.143. The zero-order chi connectivity index (χ0) is 15.8. The Labute approximate surface area is 127 Å². The van der Waals surface area contributed by atoms with Gasteiger partial charge in [0.05, 0.1) is 11.2 Å². The largest absolute Gasteiger partial charge is 0.480 e. The lowest BCUT2D eigenvalue weighted by atomic mass is 10.2. The van der Waals surface area contributed by atoms with E-state index in [9.17, 15) is 13.2 Å². The highest BCUT2D eigenvalue weighted by Gasteiger charge is 2.34. The molecule has 0 bridgehead atoms. The van der Waals surface area contributed by atoms with E-state index in [1.54, 1.807) is 11.8 Å². The molecule has 1 atom stereocenters. The average Bonchev–Trinajstić information content (AvgIpc) is 2.78. The van der Waals surface area contributed by atoms with E-state index in [0.717, 1.165) is 0 Å². The number of aliphatic carboxylic acids is 1. The molecule has 21 heavy (non-hydrogen) atoms. The van der Waals surface area contributed by atoms with Crippen LogP contribution in [-0.2, 0) is 21.9 Å². The molecule has 0 spiro atoms. The van der Waals surface area contributed by atoms with Crippen LogP contribution in [0.4, 0.5) is 0 Å². The van der Waals surface area contributed by atoms with Crippen molar-refractivity contribution in [1.82, 2.24) is 19.0 Å². The van der Waals surface area contributed by atoms with Gasteiger partial charge < -0.3 is 5.11 Å². The van der Waals surface area contributed by atoms with E-state index in [2.05, 4.69) is 5.10 Å². The Bertz CT molecular complexity index is 617. The number of aromatic nitrogens is 2. The highest BCUT2D eigenvalue weighted by molar-refractivity contribution is 7.89. The maximum Gasteiger partial charge on any atom is 0.320 e. The average molecular weight is 337 g/mol. The highest BCUT2D eigenvalue weighted by atomic mass is 35.5. The molecular weight excluding hydrogens is 320 g/mol. The molecule has 1 aromatic rings. The van der Waals surface area contributed by atoms with Crippen molar-refractivity contribution in [3.8, 4) is 0 Å². The van der Waals surface area contributed by atoms with E-state index < -0.39 is 22.0 Å². The Balaban J connectivity index is 2.14. The van der Waals surface area contributed by atoms with E-state index in [-0.39, 0.29) is 23.1 Å². The predicted octanol–water partition coefficient (Wildman–Crippen LogP) is -0.147. The molecule has 1 fully saturated rings. The van der Waals surface area contributed by atoms with Crippen molar-refractivity contribution < 1.29 is 18.3 Å². The monoisotopic (exact) mass is 336 g/mol. The number of hydrogen-bond acceptors (Lipinski definition) is 5. The summed E-state index contributed by atoms with van der Waals surface area (Å²) in [6.45, 7) is 2.76. The van der Waals surface area contributed by atoms with Gasteiger partial charge in [0.1, 0.15) is 6.04 Å². The molecule has 2 rings (SSSR count). The van der Waals surface area contributed by atoms with Gasteiger partial charge >= 0.3 is 5.97 Å². The Hall–Kier alpha value is -1.16. The number of nitrogens with zero attached hydrogens (tertiary/aromatic N) is 4. The van der Waals surface area contributed by atoms with Gasteiger partial charge in [-0.15, -0.1) is 0 Å². The molecule has 2 heterocycles. The highest BCUT2D eigenvalue weighted by Crippen LogP contribution is 2.24. The molecule has 1 aliphatic heterocycles. The predicted molar refractivity (Wildman–Crippen MR) is 75.6 cm³/mol. The van der Waals surface area contributed by atoms with Crippen molar-refractivity contribution in [3.63, 3.8) is 0 Å². The second-order valence-corrected chi connectivity index (χ2v) is 7.14. The zero-order valence-electron chi connectivity index (χ0n) is 11.7. The second-order valence-electron chi connectivity index (χ2n) is 4.88. The van der Waals surface area contributed by atoms with Crippen LogP contribution in [0.5, 0.6) is 0 Å². The molecular formula is C11H17ClN4O4S. The quantitative estimate of drug-likeness (QED) is 0.821. The Morgan fingerprint density at radius 2 is 1.95 bits per heavy atom. The molecule has 1 saturated heterocycles. The lowest BCUT2D eigenvalue weighted by Crippen LogP contribution is -2.53. The van der Waals surface area contributed by atoms with Gasteiger partial charge in [0.25, 0.3) is 10.0 Å². The Morgan fingerprint density at radius 1 is 1.38 bits per heavy atom. The van der Waals surface area contributed by atoms with E-state index in [4.69, 9.17) is 16.7 Å². The first-order valence-corrected chi connectivity index (χ1v) is 8.21. The van der Waals surface area contributed by atoms with Crippen LogP contribution in [0.3, 0.4) is 0 Å². The normalized spacial score (nSPS) is 19.6. The van der Waals surface area contributed by atoms with Crippen molar-refractivity contribution in [3.05, 3.63) is 11.2 Å². The summed E-state index contributed by atoms with van der Waals surface area (Å²) in [5.41, 5.74) is 0. The van der Waals surface area contributed by atoms with Gasteiger partial charge in [0, 0.05) is 33.2 Å². The molecule has 1 aliphatic rings. The van der Waals surface area contributed by atoms with Gasteiger partial charge in [0.2, 0.25) is 0 Å². The molecule has 1 N–H and O–H groups in total. The summed E-state index contributed by atoms with van der Waals surface area (Å²) in [4.78, 5) is 12.7. The molecule has 0 aliphatic carbocycles. The lowest BCUT2D eigenvalue weighted by Gasteiger charge is -2.35. The second kappa shape index (κ2) is 5.91. The topological polar surface area (TPSA) is 95.7 Å². The molecule has 0 amide bonds. The smallest absolute Gasteiger partial charge is 0.320 e. The maximum absolute atomic E-state index is 12.5. The maximum atomic E-state index is 12.5. The SMILES string of the molecule is CC(C(=O)O)N1CCN(S(=O)(=O)c2c(Cl)cnn2C)CC1. The number of halogens is 1. The van der Waals surface area contributed by atoms with Gasteiger partial charge in [-0.25, -0.2) is 8.42 Å². The van der Waals surface area contributed by atoms with Gasteiger partial charge in [-0.05, 0) is 6.92 Å². The number of hydrogen-bond donors (Lipinski definition) is 1. The van der Waals surface area contributed by atoms with Crippen molar-refractivity contribution in [2.45, 2.75) is 18.0 Å². The third kappa shape index (κ3) is 3.05. The first-order chi connectivity index (χ1) is 9.75. The van der Waals surface area contributed by atoms with Crippen molar-refractivity contribution in [2.75, 3.05) is 26.2 Å². The number of carbonyl (C=O) groups is 1.